The second-order valence-electron chi connectivity index (χ2n) is 6.96. The summed E-state index contributed by atoms with van der Waals surface area (Å²) in [6, 6.07) is 13.9. The molecule has 0 saturated heterocycles. The van der Waals surface area contributed by atoms with E-state index in [0.717, 1.165) is 5.56 Å². The van der Waals surface area contributed by atoms with Crippen molar-refractivity contribution in [3.63, 3.8) is 0 Å². The fourth-order valence-corrected chi connectivity index (χ4v) is 3.56. The maximum absolute atomic E-state index is 12.6. The number of aromatic nitrogens is 1. The van der Waals surface area contributed by atoms with Gasteiger partial charge in [-0.15, -0.1) is 0 Å². The summed E-state index contributed by atoms with van der Waals surface area (Å²) in [5.74, 6) is 0.327. The number of nitrogens with zero attached hydrogens (tertiary/aromatic N) is 2. The summed E-state index contributed by atoms with van der Waals surface area (Å²) >= 11 is 0. The van der Waals surface area contributed by atoms with Gasteiger partial charge < -0.3 is 14.9 Å². The van der Waals surface area contributed by atoms with E-state index in [9.17, 15) is 15.0 Å². The Bertz CT molecular complexity index is 1410. The highest BCUT2D eigenvalue weighted by Gasteiger charge is 2.27. The molecule has 0 fully saturated rings. The summed E-state index contributed by atoms with van der Waals surface area (Å²) in [5.41, 5.74) is 1.74. The average Bonchev–Trinajstić information content (AvgIpc) is 3.09. The first-order valence-electron chi connectivity index (χ1n) is 9.18. The van der Waals surface area contributed by atoms with Crippen LogP contribution >= 0.6 is 0 Å². The largest absolute Gasteiger partial charge is 0.508 e. The van der Waals surface area contributed by atoms with E-state index in [2.05, 4.69) is 10.1 Å². The molecule has 0 radical (unpaired) electrons. The molecule has 1 aromatic heterocycles. The van der Waals surface area contributed by atoms with Crippen LogP contribution in [0.2, 0.25) is 0 Å². The number of hydrogen-bond acceptors (Lipinski definition) is 6. The molecule has 148 valence electrons. The third-order valence-corrected chi connectivity index (χ3v) is 4.96. The molecule has 3 heterocycles. The monoisotopic (exact) mass is 400 g/mol. The minimum atomic E-state index is -0.527. The molecule has 5 rings (SSSR count). The second kappa shape index (κ2) is 6.63. The lowest BCUT2D eigenvalue weighted by Crippen LogP contribution is -2.42. The maximum Gasteiger partial charge on any atom is 0.260 e. The Morgan fingerprint density at radius 1 is 1.17 bits per heavy atom. The number of hydrogen-bond donors (Lipinski definition) is 4. The van der Waals surface area contributed by atoms with Crippen molar-refractivity contribution < 1.29 is 14.9 Å². The number of phenols is 1. The predicted octanol–water partition coefficient (Wildman–Crippen LogP) is 1.47. The number of benzene rings is 2. The first kappa shape index (κ1) is 17.7. The fourth-order valence-electron chi connectivity index (χ4n) is 3.56. The quantitative estimate of drug-likeness (QED) is 0.519. The van der Waals surface area contributed by atoms with Gasteiger partial charge in [0.15, 0.2) is 5.84 Å². The molecule has 8 nitrogen and oxygen atoms in total. The van der Waals surface area contributed by atoms with Gasteiger partial charge in [-0.2, -0.15) is 5.10 Å². The highest BCUT2D eigenvalue weighted by molar-refractivity contribution is 6.10. The Hall–Kier alpha value is -4.33. The lowest BCUT2D eigenvalue weighted by atomic mass is 10.0. The summed E-state index contributed by atoms with van der Waals surface area (Å²) < 4.78 is 5.61. The Balaban J connectivity index is 1.66. The van der Waals surface area contributed by atoms with Gasteiger partial charge in [0, 0.05) is 12.0 Å². The van der Waals surface area contributed by atoms with E-state index in [-0.39, 0.29) is 27.7 Å². The second-order valence-corrected chi connectivity index (χ2v) is 6.96. The molecule has 0 amide bonds. The van der Waals surface area contributed by atoms with Crippen LogP contribution in [0.25, 0.3) is 6.08 Å². The van der Waals surface area contributed by atoms with Crippen molar-refractivity contribution in [3.8, 4) is 17.4 Å². The van der Waals surface area contributed by atoms with Crippen molar-refractivity contribution >= 4 is 17.6 Å². The van der Waals surface area contributed by atoms with E-state index >= 15 is 0 Å². The van der Waals surface area contributed by atoms with E-state index in [0.29, 0.717) is 23.4 Å². The van der Waals surface area contributed by atoms with E-state index in [1.165, 1.54) is 11.3 Å². The number of aromatic hydroxyl groups is 2. The van der Waals surface area contributed by atoms with Crippen LogP contribution in [0.4, 0.5) is 5.69 Å². The maximum atomic E-state index is 12.6. The number of pyridine rings is 1. The van der Waals surface area contributed by atoms with E-state index in [1.54, 1.807) is 36.4 Å². The number of rotatable bonds is 2. The Morgan fingerprint density at radius 3 is 2.77 bits per heavy atom. The minimum absolute atomic E-state index is 0.0382. The molecule has 0 aliphatic carbocycles. The summed E-state index contributed by atoms with van der Waals surface area (Å²) in [6.45, 7) is 0. The molecule has 2 aliphatic heterocycles. The molecule has 0 saturated carbocycles. The molecule has 2 aromatic carbocycles. The number of allylic oxidation sites excluding steroid dienone is 1. The number of amidine groups is 1. The predicted molar refractivity (Wildman–Crippen MR) is 110 cm³/mol. The summed E-state index contributed by atoms with van der Waals surface area (Å²) in [4.78, 5) is 15.0. The number of fused-ring (bicyclic) bond motifs is 2. The standard InChI is InChI=1S/C22H16N4O4/c23-20-18-19(25-26(20)14-4-2-1-3-5-14)16(21(28)24-22(18)29)9-12-8-13-10-15(27)6-7-17(13)30-11-12/h1-7,9-11,23,27,29H,8H2,(H,24,28). The topological polar surface area (TPSA) is 122 Å². The molecule has 0 unspecified atom stereocenters. The molecule has 8 heteroatoms. The number of para-hydroxylation sites is 1. The summed E-state index contributed by atoms with van der Waals surface area (Å²) in [7, 11) is 0. The van der Waals surface area contributed by atoms with Crippen molar-refractivity contribution in [2.24, 2.45) is 5.10 Å². The molecule has 2 aliphatic rings. The molecular formula is C22H16N4O4. The Morgan fingerprint density at radius 2 is 1.97 bits per heavy atom. The van der Waals surface area contributed by atoms with Gasteiger partial charge in [0.2, 0.25) is 5.88 Å². The fraction of sp³-hybridized carbons (Fsp3) is 0.0455. The minimum Gasteiger partial charge on any atom is -0.508 e. The van der Waals surface area contributed by atoms with Crippen LogP contribution in [0.3, 0.4) is 0 Å². The van der Waals surface area contributed by atoms with Gasteiger partial charge in [0.05, 0.1) is 17.2 Å². The van der Waals surface area contributed by atoms with Gasteiger partial charge >= 0.3 is 0 Å². The van der Waals surface area contributed by atoms with Crippen LogP contribution in [0.5, 0.6) is 17.4 Å². The van der Waals surface area contributed by atoms with Gasteiger partial charge in [-0.25, -0.2) is 5.01 Å². The number of aromatic amines is 1. The summed E-state index contributed by atoms with van der Waals surface area (Å²) in [5, 5.41) is 34.7. The zero-order chi connectivity index (χ0) is 20.8. The Kier molecular flexibility index (Phi) is 3.92. The molecule has 0 atom stereocenters. The number of ether oxygens (including phenoxy) is 1. The number of anilines is 1. The van der Waals surface area contributed by atoms with Gasteiger partial charge in [-0.05, 0) is 42.0 Å². The van der Waals surface area contributed by atoms with Crippen LogP contribution in [0.15, 0.2) is 70.3 Å². The first-order valence-corrected chi connectivity index (χ1v) is 9.18. The Labute approximate surface area is 169 Å². The third-order valence-electron chi connectivity index (χ3n) is 4.96. The molecular weight excluding hydrogens is 384 g/mol. The average molecular weight is 400 g/mol. The number of H-pyrrole nitrogens is 1. The van der Waals surface area contributed by atoms with Gasteiger partial charge in [-0.1, -0.05) is 18.2 Å². The van der Waals surface area contributed by atoms with Crippen molar-refractivity contribution in [1.29, 1.82) is 5.41 Å². The molecule has 0 bridgehead atoms. The zero-order valence-corrected chi connectivity index (χ0v) is 15.6. The molecule has 30 heavy (non-hydrogen) atoms. The van der Waals surface area contributed by atoms with Crippen LogP contribution in [0.1, 0.15) is 11.1 Å². The van der Waals surface area contributed by atoms with Crippen LogP contribution in [0, 0.1) is 5.41 Å². The highest BCUT2D eigenvalue weighted by Crippen LogP contribution is 2.30. The number of phenolic OH excluding ortho intramolecular Hbond substituents is 1. The molecule has 0 spiro atoms. The van der Waals surface area contributed by atoms with Crippen molar-refractivity contribution in [3.05, 3.63) is 92.4 Å². The van der Waals surface area contributed by atoms with Crippen molar-refractivity contribution in [2.45, 2.75) is 6.42 Å². The van der Waals surface area contributed by atoms with E-state index < -0.39 is 11.4 Å². The van der Waals surface area contributed by atoms with Gasteiger partial charge in [-0.3, -0.25) is 15.2 Å². The van der Waals surface area contributed by atoms with Crippen LogP contribution in [-0.2, 0) is 6.42 Å². The first-order chi connectivity index (χ1) is 14.5. The van der Waals surface area contributed by atoms with Crippen LogP contribution in [-0.4, -0.2) is 21.0 Å². The smallest absolute Gasteiger partial charge is 0.260 e. The summed E-state index contributed by atoms with van der Waals surface area (Å²) in [6.07, 6.45) is 3.60. The lowest BCUT2D eigenvalue weighted by Gasteiger charge is -2.15. The number of nitrogens with one attached hydrogen (secondary N) is 2. The SMILES string of the molecule is N=C1c2c(O)[nH]c(=O)c(=CC3=COc4ccc(O)cc4C3)c2=NN1c1ccccc1. The molecule has 3 aromatic rings. The normalized spacial score (nSPS) is 15.2. The van der Waals surface area contributed by atoms with E-state index in [4.69, 9.17) is 10.1 Å². The van der Waals surface area contributed by atoms with E-state index in [1.807, 2.05) is 18.2 Å². The van der Waals surface area contributed by atoms with Gasteiger partial charge in [0.25, 0.3) is 5.56 Å². The van der Waals surface area contributed by atoms with Gasteiger partial charge in [0.1, 0.15) is 22.4 Å². The zero-order valence-electron chi connectivity index (χ0n) is 15.6. The van der Waals surface area contributed by atoms with Crippen molar-refractivity contribution in [1.82, 2.24) is 4.98 Å². The van der Waals surface area contributed by atoms with Crippen molar-refractivity contribution in [2.75, 3.05) is 5.01 Å². The lowest BCUT2D eigenvalue weighted by molar-refractivity contribution is 0.448. The highest BCUT2D eigenvalue weighted by atomic mass is 16.5. The third kappa shape index (κ3) is 2.82. The molecule has 4 N–H and O–H groups in total. The van der Waals surface area contributed by atoms with Crippen LogP contribution < -0.4 is 25.9 Å².